The van der Waals surface area contributed by atoms with Crippen LogP contribution in [-0.2, 0) is 25.2 Å². The second-order valence-corrected chi connectivity index (χ2v) is 11.5. The molecule has 3 aromatic carbocycles. The summed E-state index contributed by atoms with van der Waals surface area (Å²) in [4.78, 5) is 0. The van der Waals surface area contributed by atoms with Crippen molar-refractivity contribution in [2.24, 2.45) is 0 Å². The molecule has 0 aliphatic carbocycles. The van der Waals surface area contributed by atoms with Gasteiger partial charge in [0.05, 0.1) is 38.2 Å². The Hall–Kier alpha value is -4.96. The van der Waals surface area contributed by atoms with Crippen molar-refractivity contribution < 1.29 is 0 Å². The first-order valence-electron chi connectivity index (χ1n) is 14.0. The minimum atomic E-state index is -1.07. The molecule has 10 nitrogen and oxygen atoms in total. The molecule has 0 atom stereocenters. The number of hydrogen-bond acceptors (Lipinski definition) is 7. The van der Waals surface area contributed by atoms with Crippen LogP contribution in [0.2, 0.25) is 0 Å². The van der Waals surface area contributed by atoms with Crippen LogP contribution in [0.5, 0.6) is 0 Å². The van der Waals surface area contributed by atoms with Gasteiger partial charge < -0.3 is 0 Å². The van der Waals surface area contributed by atoms with Gasteiger partial charge in [-0.2, -0.15) is 0 Å². The maximum atomic E-state index is 4.70. The second-order valence-electron chi connectivity index (χ2n) is 11.5. The van der Waals surface area contributed by atoms with Crippen LogP contribution in [0.4, 0.5) is 0 Å². The molecule has 212 valence electrons. The number of aromatic nitrogens is 9. The zero-order valence-electron chi connectivity index (χ0n) is 24.0. The van der Waals surface area contributed by atoms with Crippen LogP contribution in [0, 0.1) is 0 Å². The first kappa shape index (κ1) is 27.2. The van der Waals surface area contributed by atoms with Gasteiger partial charge in [0.15, 0.2) is 5.54 Å². The van der Waals surface area contributed by atoms with Crippen molar-refractivity contribution in [3.05, 3.63) is 143 Å². The van der Waals surface area contributed by atoms with Crippen molar-refractivity contribution in [1.29, 1.82) is 0 Å². The molecule has 0 saturated heterocycles. The third-order valence-corrected chi connectivity index (χ3v) is 6.89. The molecule has 42 heavy (non-hydrogen) atoms. The van der Waals surface area contributed by atoms with E-state index in [1.54, 1.807) is 0 Å². The summed E-state index contributed by atoms with van der Waals surface area (Å²) in [5, 5.41) is 31.5. The summed E-state index contributed by atoms with van der Waals surface area (Å²) in [6.45, 7) is 8.08. The van der Waals surface area contributed by atoms with Crippen molar-refractivity contribution in [2.45, 2.75) is 51.5 Å². The summed E-state index contributed by atoms with van der Waals surface area (Å²) < 4.78 is 5.52. The smallest absolute Gasteiger partial charge is 0.157 e. The Morgan fingerprint density at radius 2 is 0.810 bits per heavy atom. The molecule has 0 amide bonds. The summed E-state index contributed by atoms with van der Waals surface area (Å²) in [7, 11) is 0. The molecule has 0 fully saturated rings. The highest BCUT2D eigenvalue weighted by atomic mass is 15.5. The van der Waals surface area contributed by atoms with Gasteiger partial charge in [0, 0.05) is 5.54 Å². The summed E-state index contributed by atoms with van der Waals surface area (Å²) in [5.41, 5.74) is 3.93. The maximum absolute atomic E-state index is 4.70. The Kier molecular flexibility index (Phi) is 7.45. The van der Waals surface area contributed by atoms with Gasteiger partial charge in [0.25, 0.3) is 0 Å². The first-order valence-corrected chi connectivity index (χ1v) is 14.0. The minimum Gasteiger partial charge on any atom is -0.291 e. The highest BCUT2D eigenvalue weighted by Crippen LogP contribution is 2.35. The van der Waals surface area contributed by atoms with E-state index in [-0.39, 0.29) is 5.54 Å². The standard InChI is InChI=1S/C32H34N10/c1-31(2,3)36-32(28-22-40(37-33-28)19-25-13-7-4-8-14-25,29-23-41(38-34-29)20-26-15-9-5-10-16-26)30-24-42(39-35-30)21-27-17-11-6-12-18-27/h4-18,22-24,36H,19-21H2,1-3H3. The summed E-state index contributed by atoms with van der Waals surface area (Å²) in [6.07, 6.45) is 5.87. The molecule has 0 spiro atoms. The van der Waals surface area contributed by atoms with Crippen LogP contribution in [0.15, 0.2) is 110 Å². The van der Waals surface area contributed by atoms with Gasteiger partial charge >= 0.3 is 0 Å². The van der Waals surface area contributed by atoms with Gasteiger partial charge in [-0.3, -0.25) is 5.32 Å². The monoisotopic (exact) mass is 558 g/mol. The Morgan fingerprint density at radius 3 is 1.10 bits per heavy atom. The van der Waals surface area contributed by atoms with Gasteiger partial charge in [0.1, 0.15) is 17.1 Å². The molecule has 0 bridgehead atoms. The number of benzene rings is 3. The molecule has 10 heteroatoms. The average molecular weight is 559 g/mol. The summed E-state index contributed by atoms with van der Waals surface area (Å²) >= 11 is 0. The molecule has 0 aliphatic rings. The Labute approximate surface area is 245 Å². The van der Waals surface area contributed by atoms with E-state index in [0.29, 0.717) is 36.7 Å². The van der Waals surface area contributed by atoms with Crippen molar-refractivity contribution in [1.82, 2.24) is 50.3 Å². The molecule has 3 heterocycles. The number of rotatable bonds is 10. The molecular formula is C32H34N10. The molecule has 3 aromatic heterocycles. The molecule has 0 radical (unpaired) electrons. The zero-order valence-corrected chi connectivity index (χ0v) is 24.0. The average Bonchev–Trinajstić information content (AvgIpc) is 3.76. The Morgan fingerprint density at radius 1 is 0.500 bits per heavy atom. The molecule has 6 aromatic rings. The van der Waals surface area contributed by atoms with Crippen LogP contribution in [0.1, 0.15) is 54.5 Å². The highest BCUT2D eigenvalue weighted by molar-refractivity contribution is 5.39. The zero-order chi connectivity index (χ0) is 29.0. The van der Waals surface area contributed by atoms with Crippen LogP contribution in [0.3, 0.4) is 0 Å². The van der Waals surface area contributed by atoms with E-state index in [9.17, 15) is 0 Å². The first-order chi connectivity index (χ1) is 20.4. The van der Waals surface area contributed by atoms with Gasteiger partial charge in [-0.15, -0.1) is 15.3 Å². The minimum absolute atomic E-state index is 0.365. The largest absolute Gasteiger partial charge is 0.291 e. The van der Waals surface area contributed by atoms with Crippen molar-refractivity contribution >= 4 is 0 Å². The molecule has 0 unspecified atom stereocenters. The SMILES string of the molecule is CC(C)(C)NC(c1cn(Cc2ccccc2)nn1)(c1cn(Cc2ccccc2)nn1)c1cn(Cc2ccccc2)nn1. The number of nitrogens with zero attached hydrogens (tertiary/aromatic N) is 9. The fourth-order valence-electron chi connectivity index (χ4n) is 5.10. The van der Waals surface area contributed by atoms with Crippen molar-refractivity contribution in [2.75, 3.05) is 0 Å². The van der Waals surface area contributed by atoms with E-state index < -0.39 is 5.54 Å². The van der Waals surface area contributed by atoms with E-state index in [1.807, 2.05) is 87.2 Å². The molecular weight excluding hydrogens is 524 g/mol. The van der Waals surface area contributed by atoms with Crippen molar-refractivity contribution in [3.63, 3.8) is 0 Å². The normalized spacial score (nSPS) is 12.1. The summed E-state index contributed by atoms with van der Waals surface area (Å²) in [6, 6.07) is 30.6. The lowest BCUT2D eigenvalue weighted by atomic mass is 9.85. The van der Waals surface area contributed by atoms with E-state index in [2.05, 4.69) is 78.1 Å². The van der Waals surface area contributed by atoms with Gasteiger partial charge in [-0.25, -0.2) is 14.0 Å². The van der Waals surface area contributed by atoms with E-state index in [1.165, 1.54) is 0 Å². The lowest BCUT2D eigenvalue weighted by Gasteiger charge is -2.36. The Balaban J connectivity index is 1.45. The molecule has 0 aliphatic heterocycles. The van der Waals surface area contributed by atoms with Gasteiger partial charge in [0.2, 0.25) is 0 Å². The second kappa shape index (κ2) is 11.5. The van der Waals surface area contributed by atoms with Gasteiger partial charge in [-0.05, 0) is 37.5 Å². The lowest BCUT2D eigenvalue weighted by Crippen LogP contribution is -2.54. The van der Waals surface area contributed by atoms with E-state index in [4.69, 9.17) is 15.3 Å². The van der Waals surface area contributed by atoms with Gasteiger partial charge in [-0.1, -0.05) is 107 Å². The summed E-state index contributed by atoms with van der Waals surface area (Å²) in [5.74, 6) is 0. The van der Waals surface area contributed by atoms with Crippen molar-refractivity contribution in [3.8, 4) is 0 Å². The van der Waals surface area contributed by atoms with Crippen LogP contribution >= 0.6 is 0 Å². The van der Waals surface area contributed by atoms with Crippen LogP contribution in [-0.4, -0.2) is 50.5 Å². The molecule has 1 N–H and O–H groups in total. The Bertz CT molecular complexity index is 1520. The molecule has 0 saturated carbocycles. The highest BCUT2D eigenvalue weighted by Gasteiger charge is 2.47. The predicted octanol–water partition coefficient (Wildman–Crippen LogP) is 4.29. The van der Waals surface area contributed by atoms with Crippen LogP contribution < -0.4 is 5.32 Å². The number of nitrogens with one attached hydrogen (secondary N) is 1. The fourth-order valence-corrected chi connectivity index (χ4v) is 5.10. The topological polar surface area (TPSA) is 104 Å². The lowest BCUT2D eigenvalue weighted by molar-refractivity contribution is 0.310. The number of hydrogen-bond donors (Lipinski definition) is 1. The van der Waals surface area contributed by atoms with E-state index in [0.717, 1.165) is 16.7 Å². The fraction of sp³-hybridized carbons (Fsp3) is 0.250. The van der Waals surface area contributed by atoms with E-state index >= 15 is 0 Å². The van der Waals surface area contributed by atoms with Crippen LogP contribution in [0.25, 0.3) is 0 Å². The quantitative estimate of drug-likeness (QED) is 0.268. The third kappa shape index (κ3) is 6.03. The third-order valence-electron chi connectivity index (χ3n) is 6.89. The molecule has 6 rings (SSSR count). The predicted molar refractivity (Wildman–Crippen MR) is 159 cm³/mol. The maximum Gasteiger partial charge on any atom is 0.157 e.